The highest BCUT2D eigenvalue weighted by atomic mass is 16.3. The molecule has 0 N–H and O–H groups in total. The van der Waals surface area contributed by atoms with Gasteiger partial charge >= 0.3 is 0 Å². The first-order valence-corrected chi connectivity index (χ1v) is 10.1. The second-order valence-corrected chi connectivity index (χ2v) is 7.50. The Kier molecular flexibility index (Phi) is 5.64. The summed E-state index contributed by atoms with van der Waals surface area (Å²) in [4.78, 5) is 43.3. The second kappa shape index (κ2) is 8.51. The molecule has 2 saturated heterocycles. The van der Waals surface area contributed by atoms with Crippen molar-refractivity contribution < 1.29 is 18.8 Å². The van der Waals surface area contributed by atoms with Crippen molar-refractivity contribution in [1.82, 2.24) is 14.7 Å². The molecule has 7 heteroatoms. The first kappa shape index (κ1) is 19.2. The van der Waals surface area contributed by atoms with Gasteiger partial charge < -0.3 is 19.1 Å². The maximum Gasteiger partial charge on any atom is 0.289 e. The molecule has 0 unspecified atom stereocenters. The predicted octanol–water partition coefficient (Wildman–Crippen LogP) is 2.50. The Morgan fingerprint density at radius 1 is 0.655 bits per heavy atom. The average Bonchev–Trinajstić information content (AvgIpc) is 3.33. The Labute approximate surface area is 169 Å². The summed E-state index contributed by atoms with van der Waals surface area (Å²) >= 11 is 0. The third-order valence-electron chi connectivity index (χ3n) is 5.59. The van der Waals surface area contributed by atoms with Gasteiger partial charge in [0, 0.05) is 50.4 Å². The van der Waals surface area contributed by atoms with E-state index in [1.54, 1.807) is 46.2 Å². The van der Waals surface area contributed by atoms with E-state index in [1.807, 2.05) is 4.90 Å². The predicted molar refractivity (Wildman–Crippen MR) is 107 cm³/mol. The Balaban J connectivity index is 1.39. The standard InChI is InChI=1S/C22H25N3O4/c26-20(23-9-2-1-3-10-23)17-6-4-7-18(16-17)21(27)24-11-13-25(14-12-24)22(28)19-8-5-15-29-19/h4-8,15-16H,1-3,9-14H2. The van der Waals surface area contributed by atoms with Gasteiger partial charge in [-0.3, -0.25) is 14.4 Å². The van der Waals surface area contributed by atoms with Crippen LogP contribution < -0.4 is 0 Å². The number of rotatable bonds is 3. The number of amides is 3. The molecule has 7 nitrogen and oxygen atoms in total. The first-order valence-electron chi connectivity index (χ1n) is 10.1. The molecule has 29 heavy (non-hydrogen) atoms. The van der Waals surface area contributed by atoms with Crippen LogP contribution in [0, 0.1) is 0 Å². The topological polar surface area (TPSA) is 74.1 Å². The van der Waals surface area contributed by atoms with Crippen LogP contribution in [-0.2, 0) is 0 Å². The van der Waals surface area contributed by atoms with Crippen molar-refractivity contribution in [2.45, 2.75) is 19.3 Å². The van der Waals surface area contributed by atoms with Gasteiger partial charge in [0.05, 0.1) is 6.26 Å². The minimum absolute atomic E-state index is 0.00628. The lowest BCUT2D eigenvalue weighted by atomic mass is 10.1. The SMILES string of the molecule is O=C(c1cccc(C(=O)N2CCN(C(=O)c3ccco3)CC2)c1)N1CCCCC1. The van der Waals surface area contributed by atoms with E-state index < -0.39 is 0 Å². The summed E-state index contributed by atoms with van der Waals surface area (Å²) in [7, 11) is 0. The van der Waals surface area contributed by atoms with Crippen molar-refractivity contribution in [3.05, 3.63) is 59.5 Å². The Morgan fingerprint density at radius 2 is 1.21 bits per heavy atom. The van der Waals surface area contributed by atoms with Crippen LogP contribution in [0.4, 0.5) is 0 Å². The molecule has 2 aliphatic heterocycles. The third-order valence-corrected chi connectivity index (χ3v) is 5.59. The highest BCUT2D eigenvalue weighted by molar-refractivity contribution is 6.00. The molecule has 4 rings (SSSR count). The molecule has 0 aliphatic carbocycles. The number of piperidine rings is 1. The third kappa shape index (κ3) is 4.18. The van der Waals surface area contributed by atoms with E-state index in [-0.39, 0.29) is 17.7 Å². The van der Waals surface area contributed by atoms with Gasteiger partial charge in [-0.05, 0) is 49.6 Å². The molecule has 0 spiro atoms. The molecule has 0 atom stereocenters. The van der Waals surface area contributed by atoms with Crippen molar-refractivity contribution >= 4 is 17.7 Å². The number of benzene rings is 1. The fourth-order valence-corrected chi connectivity index (χ4v) is 3.92. The summed E-state index contributed by atoms with van der Waals surface area (Å²) in [5.41, 5.74) is 1.07. The van der Waals surface area contributed by atoms with Crippen LogP contribution in [0.15, 0.2) is 47.1 Å². The van der Waals surface area contributed by atoms with Crippen molar-refractivity contribution in [2.24, 2.45) is 0 Å². The lowest BCUT2D eigenvalue weighted by molar-refractivity contribution is 0.0518. The van der Waals surface area contributed by atoms with Crippen molar-refractivity contribution in [3.8, 4) is 0 Å². The van der Waals surface area contributed by atoms with Crippen LogP contribution in [0.25, 0.3) is 0 Å². The monoisotopic (exact) mass is 395 g/mol. The summed E-state index contributed by atoms with van der Waals surface area (Å²) in [5.74, 6) is 0.0431. The number of carbonyl (C=O) groups is 3. The summed E-state index contributed by atoms with van der Waals surface area (Å²) in [5, 5.41) is 0. The zero-order valence-corrected chi connectivity index (χ0v) is 16.4. The van der Waals surface area contributed by atoms with Gasteiger partial charge in [0.2, 0.25) is 0 Å². The Morgan fingerprint density at radius 3 is 1.76 bits per heavy atom. The molecule has 0 saturated carbocycles. The number of carbonyl (C=O) groups excluding carboxylic acids is 3. The Hall–Kier alpha value is -3.09. The minimum Gasteiger partial charge on any atom is -0.459 e. The van der Waals surface area contributed by atoms with Crippen LogP contribution in [0.1, 0.15) is 50.5 Å². The number of hydrogen-bond donors (Lipinski definition) is 0. The molecule has 152 valence electrons. The summed E-state index contributed by atoms with van der Waals surface area (Å²) < 4.78 is 5.17. The van der Waals surface area contributed by atoms with Gasteiger partial charge in [-0.15, -0.1) is 0 Å². The maximum atomic E-state index is 12.9. The molecule has 1 aromatic carbocycles. The van der Waals surface area contributed by atoms with E-state index in [9.17, 15) is 14.4 Å². The maximum absolute atomic E-state index is 12.9. The van der Waals surface area contributed by atoms with Gasteiger partial charge in [0.15, 0.2) is 5.76 Å². The molecule has 3 heterocycles. The largest absolute Gasteiger partial charge is 0.459 e. The zero-order valence-electron chi connectivity index (χ0n) is 16.4. The molecule has 3 amide bonds. The van der Waals surface area contributed by atoms with E-state index in [4.69, 9.17) is 4.42 Å². The van der Waals surface area contributed by atoms with E-state index >= 15 is 0 Å². The van der Waals surface area contributed by atoms with E-state index in [0.717, 1.165) is 32.4 Å². The molecule has 2 aliphatic rings. The van der Waals surface area contributed by atoms with E-state index in [2.05, 4.69) is 0 Å². The quantitative estimate of drug-likeness (QED) is 0.800. The molecule has 2 aromatic rings. The molecule has 0 bridgehead atoms. The second-order valence-electron chi connectivity index (χ2n) is 7.50. The Bertz CT molecular complexity index is 879. The number of hydrogen-bond acceptors (Lipinski definition) is 4. The van der Waals surface area contributed by atoms with Gasteiger partial charge in [0.1, 0.15) is 0 Å². The molecule has 0 radical (unpaired) electrons. The van der Waals surface area contributed by atoms with Crippen LogP contribution in [0.3, 0.4) is 0 Å². The zero-order chi connectivity index (χ0) is 20.2. The molecular weight excluding hydrogens is 370 g/mol. The smallest absolute Gasteiger partial charge is 0.289 e. The van der Waals surface area contributed by atoms with E-state index in [0.29, 0.717) is 43.1 Å². The van der Waals surface area contributed by atoms with Crippen molar-refractivity contribution in [2.75, 3.05) is 39.3 Å². The van der Waals surface area contributed by atoms with Gasteiger partial charge in [0.25, 0.3) is 17.7 Å². The highest BCUT2D eigenvalue weighted by Gasteiger charge is 2.27. The van der Waals surface area contributed by atoms with Crippen LogP contribution in [0.2, 0.25) is 0 Å². The fraction of sp³-hybridized carbons (Fsp3) is 0.409. The minimum atomic E-state index is -0.156. The lowest BCUT2D eigenvalue weighted by Gasteiger charge is -2.34. The number of piperazine rings is 1. The summed E-state index contributed by atoms with van der Waals surface area (Å²) in [6, 6.07) is 10.3. The van der Waals surface area contributed by atoms with Crippen LogP contribution in [-0.4, -0.2) is 71.7 Å². The fourth-order valence-electron chi connectivity index (χ4n) is 3.92. The van der Waals surface area contributed by atoms with Crippen LogP contribution >= 0.6 is 0 Å². The molecule has 2 fully saturated rings. The molecule has 1 aromatic heterocycles. The lowest BCUT2D eigenvalue weighted by Crippen LogP contribution is -2.50. The van der Waals surface area contributed by atoms with Gasteiger partial charge in [-0.25, -0.2) is 0 Å². The summed E-state index contributed by atoms with van der Waals surface area (Å²) in [6.07, 6.45) is 4.71. The summed E-state index contributed by atoms with van der Waals surface area (Å²) in [6.45, 7) is 3.38. The van der Waals surface area contributed by atoms with Gasteiger partial charge in [-0.2, -0.15) is 0 Å². The normalized spacial score (nSPS) is 17.3. The first-order chi connectivity index (χ1) is 14.1. The van der Waals surface area contributed by atoms with Gasteiger partial charge in [-0.1, -0.05) is 6.07 Å². The number of likely N-dealkylation sites (tertiary alicyclic amines) is 1. The molecular formula is C22H25N3O4. The number of nitrogens with zero attached hydrogens (tertiary/aromatic N) is 3. The number of furan rings is 1. The van der Waals surface area contributed by atoms with E-state index in [1.165, 1.54) is 6.26 Å². The van der Waals surface area contributed by atoms with Crippen molar-refractivity contribution in [3.63, 3.8) is 0 Å². The highest BCUT2D eigenvalue weighted by Crippen LogP contribution is 2.17. The van der Waals surface area contributed by atoms with Crippen molar-refractivity contribution in [1.29, 1.82) is 0 Å². The van der Waals surface area contributed by atoms with Crippen LogP contribution in [0.5, 0.6) is 0 Å². The average molecular weight is 395 g/mol.